The van der Waals surface area contributed by atoms with E-state index in [2.05, 4.69) is 0 Å². The summed E-state index contributed by atoms with van der Waals surface area (Å²) in [6.07, 6.45) is 0. The van der Waals surface area contributed by atoms with Crippen LogP contribution in [0.5, 0.6) is 17.2 Å². The van der Waals surface area contributed by atoms with Crippen molar-refractivity contribution in [2.24, 2.45) is 0 Å². The van der Waals surface area contributed by atoms with Crippen molar-refractivity contribution in [1.29, 1.82) is 0 Å². The number of nitrogens with two attached hydrogens (primary N) is 1. The van der Waals surface area contributed by atoms with Crippen LogP contribution in [0, 0.1) is 0 Å². The van der Waals surface area contributed by atoms with Gasteiger partial charge in [-0.05, 0) is 24.3 Å². The highest BCUT2D eigenvalue weighted by Gasteiger charge is 2.09. The molecule has 6 heteroatoms. The zero-order valence-electron chi connectivity index (χ0n) is 9.28. The van der Waals surface area contributed by atoms with E-state index in [0.717, 1.165) is 0 Å². The second kappa shape index (κ2) is 5.52. The summed E-state index contributed by atoms with van der Waals surface area (Å²) in [7, 11) is 0. The molecule has 0 bridgehead atoms. The molecule has 0 amide bonds. The largest absolute Gasteiger partial charge is 0.453 e. The van der Waals surface area contributed by atoms with E-state index in [-0.39, 0.29) is 5.75 Å². The van der Waals surface area contributed by atoms with Crippen LogP contribution in [0.25, 0.3) is 0 Å². The maximum atomic E-state index is 10.7. The zero-order valence-corrected chi connectivity index (χ0v) is 10.1. The van der Waals surface area contributed by atoms with E-state index in [4.69, 9.17) is 19.2 Å². The van der Waals surface area contributed by atoms with Crippen molar-refractivity contribution < 1.29 is 17.7 Å². The highest BCUT2D eigenvalue weighted by atomic mass is 32.2. The molecule has 0 fully saturated rings. The SMILES string of the molecule is Nc1ccc(Oc2ccccc2)c(OS(=O)O)c1. The van der Waals surface area contributed by atoms with Crippen molar-refractivity contribution in [2.75, 3.05) is 5.73 Å². The van der Waals surface area contributed by atoms with E-state index >= 15 is 0 Å². The van der Waals surface area contributed by atoms with Gasteiger partial charge in [-0.25, -0.2) is 0 Å². The van der Waals surface area contributed by atoms with Crippen molar-refractivity contribution in [2.45, 2.75) is 0 Å². The normalized spacial score (nSPS) is 11.8. The molecule has 5 nitrogen and oxygen atoms in total. The van der Waals surface area contributed by atoms with Crippen molar-refractivity contribution >= 4 is 17.0 Å². The molecule has 0 heterocycles. The van der Waals surface area contributed by atoms with Gasteiger partial charge in [-0.3, -0.25) is 4.55 Å². The summed E-state index contributed by atoms with van der Waals surface area (Å²) in [5.74, 6) is 1.02. The average Bonchev–Trinajstić information content (AvgIpc) is 2.33. The molecule has 94 valence electrons. The number of hydrogen-bond acceptors (Lipinski definition) is 4. The number of para-hydroxylation sites is 1. The van der Waals surface area contributed by atoms with E-state index in [1.165, 1.54) is 6.07 Å². The lowest BCUT2D eigenvalue weighted by Crippen LogP contribution is -2.00. The smallest absolute Gasteiger partial charge is 0.357 e. The Bertz CT molecular complexity index is 559. The molecule has 1 atom stereocenters. The minimum absolute atomic E-state index is 0.111. The van der Waals surface area contributed by atoms with Crippen LogP contribution < -0.4 is 14.7 Å². The first-order chi connectivity index (χ1) is 8.65. The maximum absolute atomic E-state index is 10.7. The van der Waals surface area contributed by atoms with E-state index < -0.39 is 11.4 Å². The third-order valence-corrected chi connectivity index (χ3v) is 2.42. The molecular weight excluding hydrogens is 254 g/mol. The standard InChI is InChI=1S/C12H11NO4S/c13-9-6-7-11(12(8-9)17-18(14)15)16-10-4-2-1-3-5-10/h1-8H,13H2,(H,14,15). The molecular formula is C12H11NO4S. The monoisotopic (exact) mass is 265 g/mol. The minimum atomic E-state index is -2.43. The molecule has 0 saturated heterocycles. The van der Waals surface area contributed by atoms with Crippen molar-refractivity contribution in [3.05, 3.63) is 48.5 Å². The van der Waals surface area contributed by atoms with Crippen LogP contribution >= 0.6 is 0 Å². The third-order valence-electron chi connectivity index (χ3n) is 2.10. The Morgan fingerprint density at radius 3 is 2.44 bits per heavy atom. The molecule has 2 aromatic rings. The van der Waals surface area contributed by atoms with Crippen molar-refractivity contribution in [1.82, 2.24) is 0 Å². The molecule has 0 radical (unpaired) electrons. The summed E-state index contributed by atoms with van der Waals surface area (Å²) in [6.45, 7) is 0. The molecule has 0 aliphatic heterocycles. The molecule has 0 aliphatic rings. The number of benzene rings is 2. The van der Waals surface area contributed by atoms with Gasteiger partial charge in [-0.15, -0.1) is 0 Å². The Morgan fingerprint density at radius 1 is 1.06 bits per heavy atom. The fourth-order valence-electron chi connectivity index (χ4n) is 1.37. The molecule has 0 aliphatic carbocycles. The Morgan fingerprint density at radius 2 is 1.78 bits per heavy atom. The first-order valence-corrected chi connectivity index (χ1v) is 6.10. The van der Waals surface area contributed by atoms with Gasteiger partial charge in [0.25, 0.3) is 0 Å². The van der Waals surface area contributed by atoms with Gasteiger partial charge < -0.3 is 14.7 Å². The van der Waals surface area contributed by atoms with Gasteiger partial charge in [0.2, 0.25) is 0 Å². The minimum Gasteiger partial charge on any atom is -0.453 e. The number of rotatable bonds is 4. The fraction of sp³-hybridized carbons (Fsp3) is 0. The fourth-order valence-corrected chi connectivity index (χ4v) is 1.65. The van der Waals surface area contributed by atoms with Gasteiger partial charge in [0, 0.05) is 11.8 Å². The number of ether oxygens (including phenoxy) is 1. The van der Waals surface area contributed by atoms with Crippen LogP contribution in [0.15, 0.2) is 48.5 Å². The lowest BCUT2D eigenvalue weighted by molar-refractivity contribution is 0.424. The molecule has 3 N–H and O–H groups in total. The van der Waals surface area contributed by atoms with Crippen LogP contribution in [-0.4, -0.2) is 8.76 Å². The second-order valence-electron chi connectivity index (χ2n) is 3.42. The molecule has 0 spiro atoms. The Kier molecular flexibility index (Phi) is 3.81. The van der Waals surface area contributed by atoms with E-state index in [9.17, 15) is 4.21 Å². The number of hydrogen-bond donors (Lipinski definition) is 2. The van der Waals surface area contributed by atoms with Crippen LogP contribution in [-0.2, 0) is 11.4 Å². The van der Waals surface area contributed by atoms with Gasteiger partial charge in [0.15, 0.2) is 11.5 Å². The molecule has 0 aromatic heterocycles. The summed E-state index contributed by atoms with van der Waals surface area (Å²) in [5, 5.41) is 0. The molecule has 18 heavy (non-hydrogen) atoms. The first-order valence-electron chi connectivity index (χ1n) is 5.07. The Balaban J connectivity index is 2.29. The van der Waals surface area contributed by atoms with Crippen LogP contribution in [0.2, 0.25) is 0 Å². The molecule has 2 rings (SSSR count). The highest BCUT2D eigenvalue weighted by molar-refractivity contribution is 7.74. The number of nitrogen functional groups attached to an aromatic ring is 1. The lowest BCUT2D eigenvalue weighted by atomic mass is 10.3. The first kappa shape index (κ1) is 12.4. The summed E-state index contributed by atoms with van der Waals surface area (Å²) >= 11 is -2.43. The van der Waals surface area contributed by atoms with Gasteiger partial charge in [0.1, 0.15) is 5.75 Å². The third kappa shape index (κ3) is 3.22. The Labute approximate surface area is 107 Å². The van der Waals surface area contributed by atoms with Crippen LogP contribution in [0.1, 0.15) is 0 Å². The van der Waals surface area contributed by atoms with E-state index in [1.807, 2.05) is 18.2 Å². The quantitative estimate of drug-likeness (QED) is 0.656. The van der Waals surface area contributed by atoms with Gasteiger partial charge in [-0.1, -0.05) is 18.2 Å². The average molecular weight is 265 g/mol. The van der Waals surface area contributed by atoms with Gasteiger partial charge in [0.05, 0.1) is 0 Å². The van der Waals surface area contributed by atoms with E-state index in [1.54, 1.807) is 24.3 Å². The van der Waals surface area contributed by atoms with Crippen molar-refractivity contribution in [3.63, 3.8) is 0 Å². The summed E-state index contributed by atoms with van der Waals surface area (Å²) in [5.41, 5.74) is 5.99. The topological polar surface area (TPSA) is 81.8 Å². The molecule has 0 saturated carbocycles. The predicted molar refractivity (Wildman–Crippen MR) is 68.8 cm³/mol. The summed E-state index contributed by atoms with van der Waals surface area (Å²) in [6, 6.07) is 13.6. The Hall–Kier alpha value is -2.05. The van der Waals surface area contributed by atoms with Crippen LogP contribution in [0.3, 0.4) is 0 Å². The maximum Gasteiger partial charge on any atom is 0.357 e. The second-order valence-corrected chi connectivity index (χ2v) is 4.02. The molecule has 2 aromatic carbocycles. The van der Waals surface area contributed by atoms with Crippen LogP contribution in [0.4, 0.5) is 5.69 Å². The predicted octanol–water partition coefficient (Wildman–Crippen LogP) is 2.58. The zero-order chi connectivity index (χ0) is 13.0. The lowest BCUT2D eigenvalue weighted by Gasteiger charge is -2.10. The summed E-state index contributed by atoms with van der Waals surface area (Å²) in [4.78, 5) is 0. The number of anilines is 1. The van der Waals surface area contributed by atoms with E-state index in [0.29, 0.717) is 17.2 Å². The van der Waals surface area contributed by atoms with Crippen molar-refractivity contribution in [3.8, 4) is 17.2 Å². The van der Waals surface area contributed by atoms with Gasteiger partial charge in [-0.2, -0.15) is 4.21 Å². The van der Waals surface area contributed by atoms with Gasteiger partial charge >= 0.3 is 11.4 Å². The molecule has 1 unspecified atom stereocenters. The summed E-state index contributed by atoms with van der Waals surface area (Å²) < 4.78 is 29.7. The highest BCUT2D eigenvalue weighted by Crippen LogP contribution is 2.33.